The van der Waals surface area contributed by atoms with E-state index in [2.05, 4.69) is 18.6 Å². The Morgan fingerprint density at radius 2 is 2.18 bits per heavy atom. The highest BCUT2D eigenvalue weighted by Crippen LogP contribution is 2.11. The molecule has 0 rings (SSSR count). The van der Waals surface area contributed by atoms with Gasteiger partial charge in [-0.2, -0.15) is 0 Å². The molecule has 0 fully saturated rings. The summed E-state index contributed by atoms with van der Waals surface area (Å²) < 4.78 is 11.3. The average Bonchev–Trinajstić information content (AvgIpc) is 2.05. The summed E-state index contributed by atoms with van der Waals surface area (Å²) in [6, 6.07) is 0. The SMILES string of the molecule is CCCCC(CC)CNSO. The molecule has 1 atom stereocenters. The molecule has 11 heavy (non-hydrogen) atoms. The van der Waals surface area contributed by atoms with Gasteiger partial charge in [-0.25, -0.2) is 4.72 Å². The van der Waals surface area contributed by atoms with Gasteiger partial charge in [-0.3, -0.25) is 0 Å². The molecule has 0 aromatic rings. The van der Waals surface area contributed by atoms with E-state index >= 15 is 0 Å². The molecule has 0 radical (unpaired) electrons. The third kappa shape index (κ3) is 6.66. The van der Waals surface area contributed by atoms with Crippen LogP contribution in [0.5, 0.6) is 0 Å². The molecule has 68 valence electrons. The second kappa shape index (κ2) is 8.37. The lowest BCUT2D eigenvalue weighted by atomic mass is 10.00. The second-order valence-corrected chi connectivity index (χ2v) is 3.33. The van der Waals surface area contributed by atoms with Gasteiger partial charge in [-0.15, -0.1) is 0 Å². The molecule has 0 aromatic carbocycles. The summed E-state index contributed by atoms with van der Waals surface area (Å²) >= 11 is 0.729. The van der Waals surface area contributed by atoms with E-state index in [1.165, 1.54) is 25.7 Å². The Balaban J connectivity index is 3.25. The zero-order valence-corrected chi connectivity index (χ0v) is 8.28. The zero-order chi connectivity index (χ0) is 8.53. The van der Waals surface area contributed by atoms with Crippen LogP contribution < -0.4 is 4.72 Å². The van der Waals surface area contributed by atoms with Crippen molar-refractivity contribution < 1.29 is 4.55 Å². The van der Waals surface area contributed by atoms with Crippen LogP contribution in [0.4, 0.5) is 0 Å². The molecule has 0 aliphatic heterocycles. The summed E-state index contributed by atoms with van der Waals surface area (Å²) in [5.74, 6) is 0.731. The topological polar surface area (TPSA) is 32.3 Å². The summed E-state index contributed by atoms with van der Waals surface area (Å²) in [7, 11) is 0. The van der Waals surface area contributed by atoms with E-state index in [9.17, 15) is 0 Å². The van der Waals surface area contributed by atoms with Crippen LogP contribution >= 0.6 is 12.2 Å². The van der Waals surface area contributed by atoms with Crippen molar-refractivity contribution in [3.8, 4) is 0 Å². The van der Waals surface area contributed by atoms with Gasteiger partial charge in [0.05, 0.1) is 12.2 Å². The largest absolute Gasteiger partial charge is 0.317 e. The van der Waals surface area contributed by atoms with Gasteiger partial charge in [0, 0.05) is 6.54 Å². The van der Waals surface area contributed by atoms with Crippen molar-refractivity contribution in [1.29, 1.82) is 0 Å². The molecular formula is C8H19NOS. The monoisotopic (exact) mass is 177 g/mol. The second-order valence-electron chi connectivity index (χ2n) is 2.86. The van der Waals surface area contributed by atoms with Gasteiger partial charge < -0.3 is 4.55 Å². The zero-order valence-electron chi connectivity index (χ0n) is 7.47. The van der Waals surface area contributed by atoms with Crippen molar-refractivity contribution in [3.63, 3.8) is 0 Å². The predicted octanol–water partition coefficient (Wildman–Crippen LogP) is 2.91. The van der Waals surface area contributed by atoms with E-state index in [0.717, 1.165) is 24.7 Å². The highest BCUT2D eigenvalue weighted by atomic mass is 32.2. The molecule has 0 saturated heterocycles. The summed E-state index contributed by atoms with van der Waals surface area (Å²) in [6.07, 6.45) is 5.05. The number of unbranched alkanes of at least 4 members (excludes halogenated alkanes) is 1. The Hall–Kier alpha value is 0.270. The van der Waals surface area contributed by atoms with Gasteiger partial charge >= 0.3 is 0 Å². The normalized spacial score (nSPS) is 13.4. The van der Waals surface area contributed by atoms with Crippen molar-refractivity contribution in [2.75, 3.05) is 6.54 Å². The van der Waals surface area contributed by atoms with Gasteiger partial charge in [-0.1, -0.05) is 33.1 Å². The van der Waals surface area contributed by atoms with Gasteiger partial charge in [-0.05, 0) is 12.3 Å². The van der Waals surface area contributed by atoms with Crippen LogP contribution in [0.3, 0.4) is 0 Å². The molecule has 0 aromatic heterocycles. The van der Waals surface area contributed by atoms with Crippen LogP contribution in [-0.2, 0) is 0 Å². The standard InChI is InChI=1S/C8H19NOS/c1-3-5-6-8(4-2)7-9-11-10/h8-10H,3-7H2,1-2H3. The van der Waals surface area contributed by atoms with E-state index in [-0.39, 0.29) is 0 Å². The van der Waals surface area contributed by atoms with Crippen molar-refractivity contribution in [2.24, 2.45) is 5.92 Å². The van der Waals surface area contributed by atoms with Crippen molar-refractivity contribution >= 4 is 12.2 Å². The van der Waals surface area contributed by atoms with Crippen LogP contribution in [0.2, 0.25) is 0 Å². The first-order valence-electron chi connectivity index (χ1n) is 4.38. The smallest absolute Gasteiger partial charge is 0.0760 e. The fourth-order valence-electron chi connectivity index (χ4n) is 1.10. The average molecular weight is 177 g/mol. The third-order valence-electron chi connectivity index (χ3n) is 1.98. The van der Waals surface area contributed by atoms with Crippen molar-refractivity contribution in [1.82, 2.24) is 4.72 Å². The quantitative estimate of drug-likeness (QED) is 0.463. The summed E-state index contributed by atoms with van der Waals surface area (Å²) in [4.78, 5) is 0. The molecule has 0 aliphatic rings. The van der Waals surface area contributed by atoms with Crippen molar-refractivity contribution in [3.05, 3.63) is 0 Å². The van der Waals surface area contributed by atoms with Gasteiger partial charge in [0.1, 0.15) is 0 Å². The first-order valence-corrected chi connectivity index (χ1v) is 5.15. The highest BCUT2D eigenvalue weighted by Gasteiger charge is 2.03. The molecular weight excluding hydrogens is 158 g/mol. The minimum Gasteiger partial charge on any atom is -0.317 e. The molecule has 3 heteroatoms. The maximum absolute atomic E-state index is 8.44. The lowest BCUT2D eigenvalue weighted by molar-refractivity contribution is 0.448. The van der Waals surface area contributed by atoms with Crippen molar-refractivity contribution in [2.45, 2.75) is 39.5 Å². The number of hydrogen-bond acceptors (Lipinski definition) is 3. The molecule has 0 saturated carbocycles. The summed E-state index contributed by atoms with van der Waals surface area (Å²) in [6.45, 7) is 5.34. The minimum atomic E-state index is 0.729. The fourth-order valence-corrected chi connectivity index (χ4v) is 1.41. The van der Waals surface area contributed by atoms with Gasteiger partial charge in [0.15, 0.2) is 0 Å². The first kappa shape index (κ1) is 11.3. The molecule has 1 unspecified atom stereocenters. The third-order valence-corrected chi connectivity index (χ3v) is 2.28. The maximum atomic E-state index is 8.44. The van der Waals surface area contributed by atoms with Gasteiger partial charge in [0.2, 0.25) is 0 Å². The van der Waals surface area contributed by atoms with E-state index in [1.54, 1.807) is 0 Å². The highest BCUT2D eigenvalue weighted by molar-refractivity contribution is 7.91. The predicted molar refractivity (Wildman–Crippen MR) is 51.5 cm³/mol. The van der Waals surface area contributed by atoms with Crippen LogP contribution in [0.15, 0.2) is 0 Å². The van der Waals surface area contributed by atoms with Crippen LogP contribution in [0, 0.1) is 5.92 Å². The lowest BCUT2D eigenvalue weighted by Crippen LogP contribution is -2.16. The number of rotatable bonds is 7. The van der Waals surface area contributed by atoms with Gasteiger partial charge in [0.25, 0.3) is 0 Å². The van der Waals surface area contributed by atoms with E-state index in [0.29, 0.717) is 0 Å². The Bertz CT molecular complexity index is 72.5. The number of nitrogens with one attached hydrogen (secondary N) is 1. The Kier molecular flexibility index (Phi) is 8.57. The maximum Gasteiger partial charge on any atom is 0.0760 e. The summed E-state index contributed by atoms with van der Waals surface area (Å²) in [5, 5.41) is 0. The lowest BCUT2D eigenvalue weighted by Gasteiger charge is -2.12. The fraction of sp³-hybridized carbons (Fsp3) is 1.00. The van der Waals surface area contributed by atoms with Crippen LogP contribution in [-0.4, -0.2) is 11.1 Å². The number of hydrogen-bond donors (Lipinski definition) is 2. The molecule has 0 spiro atoms. The van der Waals surface area contributed by atoms with E-state index in [1.807, 2.05) is 0 Å². The molecule has 0 bridgehead atoms. The molecule has 0 amide bonds. The Morgan fingerprint density at radius 1 is 1.45 bits per heavy atom. The van der Waals surface area contributed by atoms with E-state index in [4.69, 9.17) is 4.55 Å². The summed E-state index contributed by atoms with van der Waals surface area (Å²) in [5.41, 5.74) is 0. The van der Waals surface area contributed by atoms with Crippen LogP contribution in [0.1, 0.15) is 39.5 Å². The molecule has 2 N–H and O–H groups in total. The Labute approximate surface area is 74.1 Å². The molecule has 0 heterocycles. The molecule has 0 aliphatic carbocycles. The Morgan fingerprint density at radius 3 is 2.64 bits per heavy atom. The first-order chi connectivity index (χ1) is 5.35. The van der Waals surface area contributed by atoms with Crippen LogP contribution in [0.25, 0.3) is 0 Å². The minimum absolute atomic E-state index is 0.729. The van der Waals surface area contributed by atoms with E-state index < -0.39 is 0 Å². The molecule has 2 nitrogen and oxygen atoms in total.